The number of hydrogen-bond donors (Lipinski definition) is 0. The van der Waals surface area contributed by atoms with E-state index >= 15 is 0 Å². The van der Waals surface area contributed by atoms with Gasteiger partial charge in [-0.1, -0.05) is 5.16 Å². The summed E-state index contributed by atoms with van der Waals surface area (Å²) in [5.41, 5.74) is 1.15. The van der Waals surface area contributed by atoms with E-state index in [9.17, 15) is 4.79 Å². The van der Waals surface area contributed by atoms with Gasteiger partial charge in [-0.15, -0.1) is 0 Å². The molecular formula is C18H15BrN2O5. The molecular weight excluding hydrogens is 404 g/mol. The van der Waals surface area contributed by atoms with Gasteiger partial charge in [0.2, 0.25) is 5.82 Å². The van der Waals surface area contributed by atoms with Crippen LogP contribution in [0.1, 0.15) is 16.2 Å². The zero-order valence-electron chi connectivity index (χ0n) is 14.1. The number of carbonyl (C=O) groups excluding carboxylic acids is 1. The van der Waals surface area contributed by atoms with Crippen LogP contribution in [-0.4, -0.2) is 30.3 Å². The number of esters is 1. The fraction of sp³-hybridized carbons (Fsp3) is 0.167. The zero-order chi connectivity index (χ0) is 18.5. The van der Waals surface area contributed by atoms with Crippen molar-refractivity contribution in [1.82, 2.24) is 10.1 Å². The van der Waals surface area contributed by atoms with Gasteiger partial charge in [-0.2, -0.15) is 4.98 Å². The molecule has 0 unspecified atom stereocenters. The third-order valence-electron chi connectivity index (χ3n) is 3.53. The fourth-order valence-corrected chi connectivity index (χ4v) is 2.72. The molecule has 0 amide bonds. The molecule has 0 aliphatic rings. The normalized spacial score (nSPS) is 10.4. The van der Waals surface area contributed by atoms with Gasteiger partial charge in [-0.05, 0) is 58.4 Å². The summed E-state index contributed by atoms with van der Waals surface area (Å²) in [6.45, 7) is -0.119. The number of nitrogens with zero attached hydrogens (tertiary/aromatic N) is 2. The van der Waals surface area contributed by atoms with Crippen molar-refractivity contribution >= 4 is 21.9 Å². The van der Waals surface area contributed by atoms with Gasteiger partial charge in [-0.3, -0.25) is 0 Å². The minimum absolute atomic E-state index is 0.119. The molecule has 0 aliphatic carbocycles. The van der Waals surface area contributed by atoms with Crippen molar-refractivity contribution in [2.75, 3.05) is 14.2 Å². The summed E-state index contributed by atoms with van der Waals surface area (Å²) in [6.07, 6.45) is 0. The van der Waals surface area contributed by atoms with Crippen LogP contribution in [0.4, 0.5) is 0 Å². The van der Waals surface area contributed by atoms with Gasteiger partial charge in [0, 0.05) is 5.56 Å². The Bertz CT molecular complexity index is 908. The van der Waals surface area contributed by atoms with Crippen molar-refractivity contribution in [2.45, 2.75) is 6.61 Å². The molecule has 0 saturated carbocycles. The predicted octanol–water partition coefficient (Wildman–Crippen LogP) is 3.87. The summed E-state index contributed by atoms with van der Waals surface area (Å²) in [5.74, 6) is 1.47. The lowest BCUT2D eigenvalue weighted by atomic mass is 10.2. The van der Waals surface area contributed by atoms with Crippen molar-refractivity contribution in [3.63, 3.8) is 0 Å². The second-order valence-corrected chi connectivity index (χ2v) is 6.02. The van der Waals surface area contributed by atoms with E-state index in [2.05, 4.69) is 26.1 Å². The van der Waals surface area contributed by atoms with E-state index in [1.54, 1.807) is 44.6 Å². The first kappa shape index (κ1) is 17.9. The van der Waals surface area contributed by atoms with Crippen LogP contribution in [0.2, 0.25) is 0 Å². The molecule has 0 bridgehead atoms. The van der Waals surface area contributed by atoms with Crippen molar-refractivity contribution in [1.29, 1.82) is 0 Å². The molecule has 26 heavy (non-hydrogen) atoms. The zero-order valence-corrected chi connectivity index (χ0v) is 15.6. The molecule has 134 valence electrons. The largest absolute Gasteiger partial charge is 0.497 e. The molecule has 3 aromatic rings. The molecule has 0 radical (unpaired) electrons. The average Bonchev–Trinajstić information content (AvgIpc) is 3.15. The lowest BCUT2D eigenvalue weighted by Crippen LogP contribution is -2.05. The van der Waals surface area contributed by atoms with Crippen molar-refractivity contribution in [2.24, 2.45) is 0 Å². The second kappa shape index (κ2) is 8.01. The molecule has 0 saturated heterocycles. The maximum atomic E-state index is 12.1. The summed E-state index contributed by atoms with van der Waals surface area (Å²) < 4.78 is 21.2. The van der Waals surface area contributed by atoms with Gasteiger partial charge in [-0.25, -0.2) is 4.79 Å². The highest BCUT2D eigenvalue weighted by atomic mass is 79.9. The molecule has 0 N–H and O–H groups in total. The highest BCUT2D eigenvalue weighted by Gasteiger charge is 2.14. The standard InChI is InChI=1S/C18H15BrN2O5/c1-23-13-6-3-11(4-7-13)17-20-16(26-21-17)10-25-18(22)12-5-8-15(24-2)14(19)9-12/h3-9H,10H2,1-2H3. The summed E-state index contributed by atoms with van der Waals surface area (Å²) in [4.78, 5) is 16.4. The van der Waals surface area contributed by atoms with E-state index in [1.165, 1.54) is 0 Å². The van der Waals surface area contributed by atoms with E-state index in [0.717, 1.165) is 11.3 Å². The van der Waals surface area contributed by atoms with Crippen LogP contribution in [0, 0.1) is 0 Å². The first-order valence-electron chi connectivity index (χ1n) is 7.58. The lowest BCUT2D eigenvalue weighted by Gasteiger charge is -2.05. The summed E-state index contributed by atoms with van der Waals surface area (Å²) >= 11 is 3.33. The van der Waals surface area contributed by atoms with Gasteiger partial charge in [0.25, 0.3) is 5.89 Å². The van der Waals surface area contributed by atoms with Gasteiger partial charge in [0.05, 0.1) is 24.3 Å². The molecule has 0 aliphatic heterocycles. The van der Waals surface area contributed by atoms with Crippen LogP contribution in [0.15, 0.2) is 51.5 Å². The van der Waals surface area contributed by atoms with Crippen LogP contribution < -0.4 is 9.47 Å². The smallest absolute Gasteiger partial charge is 0.338 e. The van der Waals surface area contributed by atoms with E-state index in [1.807, 2.05) is 12.1 Å². The first-order valence-corrected chi connectivity index (χ1v) is 8.37. The number of methoxy groups -OCH3 is 2. The molecule has 1 aromatic heterocycles. The van der Waals surface area contributed by atoms with Gasteiger partial charge < -0.3 is 18.7 Å². The lowest BCUT2D eigenvalue weighted by molar-refractivity contribution is 0.0429. The van der Waals surface area contributed by atoms with E-state index in [-0.39, 0.29) is 12.5 Å². The van der Waals surface area contributed by atoms with Crippen LogP contribution in [0.3, 0.4) is 0 Å². The maximum absolute atomic E-state index is 12.1. The minimum Gasteiger partial charge on any atom is -0.497 e. The highest BCUT2D eigenvalue weighted by Crippen LogP contribution is 2.26. The number of ether oxygens (including phenoxy) is 3. The summed E-state index contributed by atoms with van der Waals surface area (Å²) in [6, 6.07) is 12.1. The molecule has 7 nitrogen and oxygen atoms in total. The quantitative estimate of drug-likeness (QED) is 0.561. The molecule has 0 atom stereocenters. The van der Waals surface area contributed by atoms with E-state index in [0.29, 0.717) is 21.6 Å². The monoisotopic (exact) mass is 418 g/mol. The summed E-state index contributed by atoms with van der Waals surface area (Å²) in [5, 5.41) is 3.89. The van der Waals surface area contributed by atoms with Crippen molar-refractivity contribution in [3.05, 3.63) is 58.4 Å². The van der Waals surface area contributed by atoms with E-state index in [4.69, 9.17) is 18.7 Å². The van der Waals surface area contributed by atoms with Gasteiger partial charge in [0.15, 0.2) is 6.61 Å². The molecule has 1 heterocycles. The third-order valence-corrected chi connectivity index (χ3v) is 4.15. The second-order valence-electron chi connectivity index (χ2n) is 5.17. The Morgan fingerprint density at radius 1 is 1.12 bits per heavy atom. The summed E-state index contributed by atoms with van der Waals surface area (Å²) in [7, 11) is 3.14. The van der Waals surface area contributed by atoms with E-state index < -0.39 is 5.97 Å². The Hall–Kier alpha value is -2.87. The number of hydrogen-bond acceptors (Lipinski definition) is 7. The Balaban J connectivity index is 1.64. The van der Waals surface area contributed by atoms with Crippen LogP contribution in [-0.2, 0) is 11.3 Å². The van der Waals surface area contributed by atoms with Crippen molar-refractivity contribution < 1.29 is 23.5 Å². The average molecular weight is 419 g/mol. The van der Waals surface area contributed by atoms with Gasteiger partial charge >= 0.3 is 5.97 Å². The molecule has 8 heteroatoms. The highest BCUT2D eigenvalue weighted by molar-refractivity contribution is 9.10. The topological polar surface area (TPSA) is 83.7 Å². The predicted molar refractivity (Wildman–Crippen MR) is 96.1 cm³/mol. The maximum Gasteiger partial charge on any atom is 0.338 e. The number of rotatable bonds is 6. The van der Waals surface area contributed by atoms with Crippen LogP contribution in [0.5, 0.6) is 11.5 Å². The minimum atomic E-state index is -0.502. The first-order chi connectivity index (χ1) is 12.6. The Morgan fingerprint density at radius 3 is 2.54 bits per heavy atom. The SMILES string of the molecule is COc1ccc(-c2noc(COC(=O)c3ccc(OC)c(Br)c3)n2)cc1. The number of benzene rings is 2. The molecule has 0 fully saturated rings. The number of aromatic nitrogens is 2. The fourth-order valence-electron chi connectivity index (χ4n) is 2.17. The Morgan fingerprint density at radius 2 is 1.88 bits per heavy atom. The Labute approximate surface area is 158 Å². The molecule has 0 spiro atoms. The van der Waals surface area contributed by atoms with Crippen molar-refractivity contribution in [3.8, 4) is 22.9 Å². The van der Waals surface area contributed by atoms with Crippen LogP contribution >= 0.6 is 15.9 Å². The molecule has 3 rings (SSSR count). The number of halogens is 1. The number of carbonyl (C=O) groups is 1. The Kier molecular flexibility index (Phi) is 5.52. The van der Waals surface area contributed by atoms with Crippen LogP contribution in [0.25, 0.3) is 11.4 Å². The van der Waals surface area contributed by atoms with Gasteiger partial charge in [0.1, 0.15) is 11.5 Å². The molecule has 2 aromatic carbocycles. The third kappa shape index (κ3) is 4.02.